The van der Waals surface area contributed by atoms with Crippen molar-refractivity contribution in [3.8, 4) is 0 Å². The van der Waals surface area contributed by atoms with E-state index in [4.69, 9.17) is 32.9 Å². The van der Waals surface area contributed by atoms with E-state index in [9.17, 15) is 0 Å². The van der Waals surface area contributed by atoms with Crippen molar-refractivity contribution in [2.24, 2.45) is 12.0 Å². The van der Waals surface area contributed by atoms with Crippen molar-refractivity contribution in [3.63, 3.8) is 0 Å². The molecule has 0 spiro atoms. The van der Waals surface area contributed by atoms with Crippen LogP contribution in [0.1, 0.15) is 43.0 Å². The van der Waals surface area contributed by atoms with E-state index in [2.05, 4.69) is 27.8 Å². The smallest absolute Gasteiger partial charge is 0.192 e. The van der Waals surface area contributed by atoms with E-state index < -0.39 is 0 Å². The molecule has 0 amide bonds. The fraction of sp³-hybridized carbons (Fsp3) is 0.526. The van der Waals surface area contributed by atoms with Crippen LogP contribution in [-0.2, 0) is 18.3 Å². The first kappa shape index (κ1) is 24.2. The van der Waals surface area contributed by atoms with Crippen molar-refractivity contribution in [2.75, 3.05) is 13.2 Å². The van der Waals surface area contributed by atoms with Crippen molar-refractivity contribution >= 4 is 53.1 Å². The first-order valence-corrected chi connectivity index (χ1v) is 10.2. The van der Waals surface area contributed by atoms with Gasteiger partial charge < -0.3 is 19.9 Å². The summed E-state index contributed by atoms with van der Waals surface area (Å²) in [5, 5.41) is 16.1. The lowest BCUT2D eigenvalue weighted by Gasteiger charge is -2.20. The molecule has 0 saturated carbocycles. The van der Waals surface area contributed by atoms with Crippen molar-refractivity contribution < 1.29 is 4.74 Å². The first-order valence-electron chi connectivity index (χ1n) is 9.40. The lowest BCUT2D eigenvalue weighted by Crippen LogP contribution is -2.42. The Morgan fingerprint density at radius 2 is 2.14 bits per heavy atom. The molecule has 0 bridgehead atoms. The van der Waals surface area contributed by atoms with E-state index in [1.807, 2.05) is 30.7 Å². The lowest BCUT2D eigenvalue weighted by atomic mass is 10.1. The van der Waals surface area contributed by atoms with Gasteiger partial charge in [-0.05, 0) is 44.4 Å². The molecule has 0 radical (unpaired) electrons. The third-order valence-corrected chi connectivity index (χ3v) is 5.62. The third kappa shape index (κ3) is 6.70. The zero-order chi connectivity index (χ0) is 20.1. The minimum Gasteiger partial charge on any atom is -0.376 e. The molecule has 2 aromatic rings. The molecule has 3 rings (SSSR count). The molecule has 2 heterocycles. The molecule has 0 aliphatic carbocycles. The lowest BCUT2D eigenvalue weighted by molar-refractivity contribution is 0.113. The van der Waals surface area contributed by atoms with Crippen molar-refractivity contribution in [1.29, 1.82) is 0 Å². The maximum Gasteiger partial charge on any atom is 0.192 e. The van der Waals surface area contributed by atoms with Gasteiger partial charge in [0.2, 0.25) is 0 Å². The van der Waals surface area contributed by atoms with Gasteiger partial charge in [0.1, 0.15) is 12.4 Å². The van der Waals surface area contributed by atoms with Crippen LogP contribution in [0.15, 0.2) is 23.2 Å². The number of hydrogen-bond donors (Lipinski definition) is 2. The van der Waals surface area contributed by atoms with Gasteiger partial charge in [0.25, 0.3) is 0 Å². The van der Waals surface area contributed by atoms with E-state index in [-0.39, 0.29) is 36.1 Å². The van der Waals surface area contributed by atoms with Crippen LogP contribution in [0.5, 0.6) is 0 Å². The molecular weight excluding hydrogens is 526 g/mol. The van der Waals surface area contributed by atoms with Gasteiger partial charge in [0.05, 0.1) is 22.2 Å². The molecule has 1 aromatic carbocycles. The number of aliphatic imine (C=N–C) groups is 1. The number of hydrogen-bond acceptors (Lipinski definition) is 4. The van der Waals surface area contributed by atoms with Crippen LogP contribution in [0.25, 0.3) is 0 Å². The van der Waals surface area contributed by atoms with Crippen LogP contribution in [0.3, 0.4) is 0 Å². The highest BCUT2D eigenvalue weighted by molar-refractivity contribution is 14.0. The molecule has 2 unspecified atom stereocenters. The Kier molecular flexibility index (Phi) is 9.45. The van der Waals surface area contributed by atoms with Gasteiger partial charge in [-0.3, -0.25) is 0 Å². The van der Waals surface area contributed by atoms with E-state index in [1.54, 1.807) is 6.07 Å². The summed E-state index contributed by atoms with van der Waals surface area (Å²) in [4.78, 5) is 4.69. The minimum absolute atomic E-state index is 0. The Balaban J connectivity index is 0.00000300. The average Bonchev–Trinajstić information content (AvgIpc) is 3.31. The molecular formula is C19H27Cl2IN6O. The number of nitrogens with one attached hydrogen (secondary N) is 2. The molecule has 1 aliphatic heterocycles. The monoisotopic (exact) mass is 552 g/mol. The maximum atomic E-state index is 6.16. The number of guanidine groups is 1. The Morgan fingerprint density at radius 3 is 2.76 bits per heavy atom. The van der Waals surface area contributed by atoms with Crippen LogP contribution >= 0.6 is 47.2 Å². The van der Waals surface area contributed by atoms with E-state index in [1.165, 1.54) is 0 Å². The summed E-state index contributed by atoms with van der Waals surface area (Å²) in [6.07, 6.45) is 2.37. The average molecular weight is 553 g/mol. The van der Waals surface area contributed by atoms with E-state index >= 15 is 0 Å². The summed E-state index contributed by atoms with van der Waals surface area (Å²) in [6.45, 7) is 5.92. The Hall–Kier alpha value is -1.10. The molecule has 10 heteroatoms. The van der Waals surface area contributed by atoms with Gasteiger partial charge in [-0.25, -0.2) is 4.99 Å². The molecule has 160 valence electrons. The van der Waals surface area contributed by atoms with E-state index in [0.717, 1.165) is 36.7 Å². The maximum absolute atomic E-state index is 6.16. The van der Waals surface area contributed by atoms with Gasteiger partial charge >= 0.3 is 0 Å². The largest absolute Gasteiger partial charge is 0.376 e. The third-order valence-electron chi connectivity index (χ3n) is 4.88. The number of ether oxygens (including phenoxy) is 1. The van der Waals surface area contributed by atoms with Gasteiger partial charge in [-0.1, -0.05) is 29.3 Å². The normalized spacial score (nSPS) is 17.7. The standard InChI is InChI=1S/C19H26Cl2N6O.HI/c1-12(14-6-7-16(20)17(21)9-14)24-19(22-10-15-5-4-8-28-15)23-11-18-26-25-13(2)27(18)3;/h6-7,9,12,15H,4-5,8,10-11H2,1-3H3,(H2,22,23,24);1H. The summed E-state index contributed by atoms with van der Waals surface area (Å²) in [5.74, 6) is 2.35. The predicted octanol–water partition coefficient (Wildman–Crippen LogP) is 4.02. The fourth-order valence-corrected chi connectivity index (χ4v) is 3.28. The highest BCUT2D eigenvalue weighted by Gasteiger charge is 2.17. The topological polar surface area (TPSA) is 76.4 Å². The Bertz CT molecular complexity index is 838. The second kappa shape index (κ2) is 11.3. The Morgan fingerprint density at radius 1 is 1.34 bits per heavy atom. The summed E-state index contributed by atoms with van der Waals surface area (Å²) in [5.41, 5.74) is 1.02. The predicted molar refractivity (Wildman–Crippen MR) is 127 cm³/mol. The summed E-state index contributed by atoms with van der Waals surface area (Å²) >= 11 is 12.2. The van der Waals surface area contributed by atoms with Crippen LogP contribution in [-0.4, -0.2) is 40.0 Å². The number of nitrogens with zero attached hydrogens (tertiary/aromatic N) is 4. The van der Waals surface area contributed by atoms with Crippen LogP contribution in [0.4, 0.5) is 0 Å². The van der Waals surface area contributed by atoms with Gasteiger partial charge in [-0.2, -0.15) is 0 Å². The summed E-state index contributed by atoms with van der Waals surface area (Å²) < 4.78 is 7.64. The van der Waals surface area contributed by atoms with Crippen molar-refractivity contribution in [3.05, 3.63) is 45.5 Å². The number of aromatic nitrogens is 3. The molecule has 2 N–H and O–H groups in total. The molecule has 1 fully saturated rings. The van der Waals surface area contributed by atoms with Crippen LogP contribution in [0, 0.1) is 6.92 Å². The van der Waals surface area contributed by atoms with Crippen molar-refractivity contribution in [1.82, 2.24) is 25.4 Å². The highest BCUT2D eigenvalue weighted by Crippen LogP contribution is 2.25. The van der Waals surface area contributed by atoms with E-state index in [0.29, 0.717) is 29.1 Å². The van der Waals surface area contributed by atoms with Crippen LogP contribution in [0.2, 0.25) is 10.0 Å². The zero-order valence-corrected chi connectivity index (χ0v) is 20.6. The quantitative estimate of drug-likeness (QED) is 0.321. The molecule has 2 atom stereocenters. The summed E-state index contributed by atoms with van der Waals surface area (Å²) in [6, 6.07) is 5.61. The van der Waals surface area contributed by atoms with Gasteiger partial charge in [0.15, 0.2) is 11.8 Å². The second-order valence-corrected chi connectivity index (χ2v) is 7.76. The number of aryl methyl sites for hydroxylation is 1. The second-order valence-electron chi connectivity index (χ2n) is 6.94. The molecule has 1 aromatic heterocycles. The summed E-state index contributed by atoms with van der Waals surface area (Å²) in [7, 11) is 1.94. The molecule has 29 heavy (non-hydrogen) atoms. The van der Waals surface area contributed by atoms with Crippen molar-refractivity contribution in [2.45, 2.75) is 45.4 Å². The zero-order valence-electron chi connectivity index (χ0n) is 16.8. The SMILES string of the molecule is Cc1nnc(CN=C(NCC2CCCO2)NC(C)c2ccc(Cl)c(Cl)c2)n1C.I. The number of benzene rings is 1. The van der Waals surface area contributed by atoms with Crippen LogP contribution < -0.4 is 10.6 Å². The van der Waals surface area contributed by atoms with Gasteiger partial charge in [0, 0.05) is 20.2 Å². The minimum atomic E-state index is -0.00764. The molecule has 1 saturated heterocycles. The fourth-order valence-electron chi connectivity index (χ4n) is 2.98. The number of rotatable bonds is 6. The number of halogens is 3. The van der Waals surface area contributed by atoms with Gasteiger partial charge in [-0.15, -0.1) is 34.2 Å². The molecule has 1 aliphatic rings. The Labute approximate surface area is 198 Å². The first-order chi connectivity index (χ1) is 13.4. The molecule has 7 nitrogen and oxygen atoms in total. The highest BCUT2D eigenvalue weighted by atomic mass is 127.